The lowest BCUT2D eigenvalue weighted by Crippen LogP contribution is -2.19. The van der Waals surface area contributed by atoms with Crippen LogP contribution in [0.25, 0.3) is 10.9 Å². The van der Waals surface area contributed by atoms with Gasteiger partial charge in [-0.1, -0.05) is 0 Å². The number of nitrogens with two attached hydrogens (primary N) is 1. The van der Waals surface area contributed by atoms with Crippen LogP contribution in [0.1, 0.15) is 0 Å². The number of hydrogen-bond donors (Lipinski definition) is 1. The van der Waals surface area contributed by atoms with Gasteiger partial charge in [0.05, 0.1) is 10.9 Å². The number of hydrogen-bond acceptors (Lipinski definition) is 4. The minimum Gasteiger partial charge on any atom is -0.467 e. The van der Waals surface area contributed by atoms with Crippen LogP contribution in [-0.4, -0.2) is 22.8 Å². The van der Waals surface area contributed by atoms with Crippen LogP contribution >= 0.6 is 0 Å². The van der Waals surface area contributed by atoms with E-state index in [1.165, 1.54) is 12.1 Å². The Morgan fingerprint density at radius 3 is 2.71 bits per heavy atom. The third-order valence-electron chi connectivity index (χ3n) is 2.00. The van der Waals surface area contributed by atoms with Crippen molar-refractivity contribution in [2.75, 3.05) is 12.3 Å². The number of nitrogen functional groups attached to an aromatic ring is 1. The molecule has 0 saturated heterocycles. The molecule has 0 fully saturated rings. The van der Waals surface area contributed by atoms with Gasteiger partial charge < -0.3 is 10.5 Å². The third-order valence-corrected chi connectivity index (χ3v) is 2.00. The molecule has 0 aliphatic rings. The number of anilines is 1. The van der Waals surface area contributed by atoms with Crippen LogP contribution in [-0.2, 0) is 0 Å². The summed E-state index contributed by atoms with van der Waals surface area (Å²) < 4.78 is 40.7. The van der Waals surface area contributed by atoms with Crippen molar-refractivity contribution in [2.24, 2.45) is 0 Å². The van der Waals surface area contributed by atoms with E-state index in [-0.39, 0.29) is 5.88 Å². The van der Waals surface area contributed by atoms with Gasteiger partial charge in [0, 0.05) is 5.69 Å². The third kappa shape index (κ3) is 2.74. The van der Waals surface area contributed by atoms with Crippen LogP contribution in [0.15, 0.2) is 24.5 Å². The van der Waals surface area contributed by atoms with E-state index in [1.807, 2.05) is 0 Å². The summed E-state index contributed by atoms with van der Waals surface area (Å²) in [5.74, 6) is -0.104. The molecule has 0 bridgehead atoms. The van der Waals surface area contributed by atoms with Gasteiger partial charge in [0.2, 0.25) is 5.88 Å². The molecule has 0 atom stereocenters. The van der Waals surface area contributed by atoms with Crippen molar-refractivity contribution < 1.29 is 17.9 Å². The second kappa shape index (κ2) is 4.08. The second-order valence-electron chi connectivity index (χ2n) is 3.36. The van der Waals surface area contributed by atoms with Crippen LogP contribution in [0, 0.1) is 0 Å². The number of aromatic nitrogens is 2. The summed E-state index contributed by atoms with van der Waals surface area (Å²) in [5.41, 5.74) is 6.45. The lowest BCUT2D eigenvalue weighted by Gasteiger charge is -2.09. The summed E-state index contributed by atoms with van der Waals surface area (Å²) >= 11 is 0. The van der Waals surface area contributed by atoms with Crippen molar-refractivity contribution in [1.29, 1.82) is 0 Å². The maximum absolute atomic E-state index is 12.0. The first-order valence-electron chi connectivity index (χ1n) is 4.65. The largest absolute Gasteiger partial charge is 0.467 e. The molecule has 90 valence electrons. The minimum atomic E-state index is -4.40. The van der Waals surface area contributed by atoms with E-state index < -0.39 is 12.8 Å². The molecule has 2 N–H and O–H groups in total. The lowest BCUT2D eigenvalue weighted by atomic mass is 10.2. The number of ether oxygens (including phenoxy) is 1. The van der Waals surface area contributed by atoms with Gasteiger partial charge in [-0.25, -0.2) is 9.97 Å². The van der Waals surface area contributed by atoms with Crippen molar-refractivity contribution in [1.82, 2.24) is 9.97 Å². The fraction of sp³-hybridized carbons (Fsp3) is 0.200. The summed E-state index contributed by atoms with van der Waals surface area (Å²) in [6.45, 7) is -1.39. The van der Waals surface area contributed by atoms with Crippen molar-refractivity contribution in [2.45, 2.75) is 6.18 Å². The van der Waals surface area contributed by atoms with E-state index in [1.54, 1.807) is 6.07 Å². The number of alkyl halides is 3. The SMILES string of the molecule is Nc1ccc2c(OCC(F)(F)F)ncnc2c1. The average molecular weight is 243 g/mol. The molecule has 1 heterocycles. The molecular weight excluding hydrogens is 235 g/mol. The quantitative estimate of drug-likeness (QED) is 0.821. The van der Waals surface area contributed by atoms with Gasteiger partial charge >= 0.3 is 6.18 Å². The summed E-state index contributed by atoms with van der Waals surface area (Å²) in [4.78, 5) is 7.56. The summed E-state index contributed by atoms with van der Waals surface area (Å²) in [6.07, 6.45) is -3.27. The summed E-state index contributed by atoms with van der Waals surface area (Å²) in [7, 11) is 0. The Morgan fingerprint density at radius 2 is 2.00 bits per heavy atom. The van der Waals surface area contributed by atoms with Gasteiger partial charge in [-0.2, -0.15) is 13.2 Å². The molecule has 0 aliphatic carbocycles. The normalized spacial score (nSPS) is 11.7. The van der Waals surface area contributed by atoms with E-state index in [2.05, 4.69) is 14.7 Å². The van der Waals surface area contributed by atoms with Crippen LogP contribution in [0.3, 0.4) is 0 Å². The van der Waals surface area contributed by atoms with Crippen LogP contribution in [0.5, 0.6) is 5.88 Å². The Bertz CT molecular complexity index is 542. The molecule has 17 heavy (non-hydrogen) atoms. The van der Waals surface area contributed by atoms with Gasteiger partial charge in [0.15, 0.2) is 6.61 Å². The first-order chi connectivity index (χ1) is 7.96. The number of benzene rings is 1. The van der Waals surface area contributed by atoms with Crippen LogP contribution in [0.2, 0.25) is 0 Å². The standard InChI is InChI=1S/C10H8F3N3O/c11-10(12,13)4-17-9-7-2-1-6(14)3-8(7)15-5-16-9/h1-3,5H,4,14H2. The highest BCUT2D eigenvalue weighted by molar-refractivity contribution is 5.85. The van der Waals surface area contributed by atoms with E-state index >= 15 is 0 Å². The molecule has 7 heteroatoms. The summed E-state index contributed by atoms with van der Waals surface area (Å²) in [6, 6.07) is 4.61. The predicted octanol–water partition coefficient (Wildman–Crippen LogP) is 2.15. The average Bonchev–Trinajstić information content (AvgIpc) is 2.24. The molecule has 1 aromatic heterocycles. The molecule has 0 aliphatic heterocycles. The Balaban J connectivity index is 2.34. The van der Waals surface area contributed by atoms with E-state index in [9.17, 15) is 13.2 Å². The van der Waals surface area contributed by atoms with Crippen LogP contribution < -0.4 is 10.5 Å². The predicted molar refractivity (Wildman–Crippen MR) is 55.5 cm³/mol. The van der Waals surface area contributed by atoms with Gasteiger partial charge in [0.25, 0.3) is 0 Å². The van der Waals surface area contributed by atoms with Gasteiger partial charge in [-0.05, 0) is 18.2 Å². The van der Waals surface area contributed by atoms with Gasteiger partial charge in [-0.15, -0.1) is 0 Å². The topological polar surface area (TPSA) is 61.0 Å². The van der Waals surface area contributed by atoms with Gasteiger partial charge in [-0.3, -0.25) is 0 Å². The van der Waals surface area contributed by atoms with Crippen molar-refractivity contribution in [3.05, 3.63) is 24.5 Å². The summed E-state index contributed by atoms with van der Waals surface area (Å²) in [5, 5.41) is 0.394. The maximum atomic E-state index is 12.0. The number of halogens is 3. The maximum Gasteiger partial charge on any atom is 0.422 e. The number of rotatable bonds is 2. The van der Waals surface area contributed by atoms with Crippen molar-refractivity contribution in [3.63, 3.8) is 0 Å². The molecular formula is C10H8F3N3O. The zero-order chi connectivity index (χ0) is 12.5. The first kappa shape index (κ1) is 11.4. The molecule has 0 amide bonds. The Kier molecular flexibility index (Phi) is 2.74. The molecule has 1 aromatic carbocycles. The highest BCUT2D eigenvalue weighted by Crippen LogP contribution is 2.24. The molecule has 0 spiro atoms. The number of fused-ring (bicyclic) bond motifs is 1. The van der Waals surface area contributed by atoms with E-state index in [0.717, 1.165) is 6.33 Å². The fourth-order valence-electron chi connectivity index (χ4n) is 1.31. The van der Waals surface area contributed by atoms with Crippen molar-refractivity contribution >= 4 is 16.6 Å². The molecule has 4 nitrogen and oxygen atoms in total. The van der Waals surface area contributed by atoms with Crippen LogP contribution in [0.4, 0.5) is 18.9 Å². The minimum absolute atomic E-state index is 0.104. The fourth-order valence-corrected chi connectivity index (χ4v) is 1.31. The molecule has 2 rings (SSSR count). The van der Waals surface area contributed by atoms with Crippen molar-refractivity contribution in [3.8, 4) is 5.88 Å². The highest BCUT2D eigenvalue weighted by atomic mass is 19.4. The Hall–Kier alpha value is -2.05. The number of nitrogens with zero attached hydrogens (tertiary/aromatic N) is 2. The zero-order valence-electron chi connectivity index (χ0n) is 8.53. The Labute approximate surface area is 94.2 Å². The highest BCUT2D eigenvalue weighted by Gasteiger charge is 2.29. The Morgan fingerprint density at radius 1 is 1.24 bits per heavy atom. The van der Waals surface area contributed by atoms with Gasteiger partial charge in [0.1, 0.15) is 6.33 Å². The second-order valence-corrected chi connectivity index (χ2v) is 3.36. The molecule has 0 saturated carbocycles. The molecule has 0 radical (unpaired) electrons. The molecule has 0 unspecified atom stereocenters. The van der Waals surface area contributed by atoms with E-state index in [4.69, 9.17) is 5.73 Å². The zero-order valence-corrected chi connectivity index (χ0v) is 8.53. The monoisotopic (exact) mass is 243 g/mol. The molecule has 2 aromatic rings. The lowest BCUT2D eigenvalue weighted by molar-refractivity contribution is -0.153. The smallest absolute Gasteiger partial charge is 0.422 e. The first-order valence-corrected chi connectivity index (χ1v) is 4.65. The van der Waals surface area contributed by atoms with E-state index in [0.29, 0.717) is 16.6 Å².